The van der Waals surface area contributed by atoms with Crippen molar-refractivity contribution in [3.63, 3.8) is 0 Å². The molecule has 1 amide bonds. The standard InChI is InChI=1S/C23H19N3O2/c1-15-21(23(27)25-17-11-13-24-14-12-17)19-5-3-4-6-20(19)26-22(15)16-7-9-18(28-2)10-8-16/h3-14H,1-2H3,(H,24,25,27). The van der Waals surface area contributed by atoms with E-state index in [-0.39, 0.29) is 5.91 Å². The van der Waals surface area contributed by atoms with E-state index < -0.39 is 0 Å². The number of fused-ring (bicyclic) bond motifs is 1. The molecule has 0 aliphatic heterocycles. The molecule has 1 N–H and O–H groups in total. The molecular weight excluding hydrogens is 350 g/mol. The molecule has 0 spiro atoms. The number of aromatic nitrogens is 2. The molecule has 138 valence electrons. The topological polar surface area (TPSA) is 64.1 Å². The molecule has 2 aromatic heterocycles. The Morgan fingerprint density at radius 3 is 2.39 bits per heavy atom. The van der Waals surface area contributed by atoms with Gasteiger partial charge in [-0.05, 0) is 55.0 Å². The third-order valence-corrected chi connectivity index (χ3v) is 4.66. The first-order valence-corrected chi connectivity index (χ1v) is 8.92. The van der Waals surface area contributed by atoms with Gasteiger partial charge in [-0.25, -0.2) is 4.98 Å². The molecule has 2 aromatic carbocycles. The minimum Gasteiger partial charge on any atom is -0.497 e. The van der Waals surface area contributed by atoms with E-state index >= 15 is 0 Å². The fourth-order valence-electron chi connectivity index (χ4n) is 3.26. The van der Waals surface area contributed by atoms with E-state index in [2.05, 4.69) is 10.3 Å². The monoisotopic (exact) mass is 369 g/mol. The number of carbonyl (C=O) groups is 1. The van der Waals surface area contributed by atoms with Crippen LogP contribution in [0.3, 0.4) is 0 Å². The quantitative estimate of drug-likeness (QED) is 0.558. The molecule has 0 aliphatic rings. The van der Waals surface area contributed by atoms with E-state index in [1.807, 2.05) is 55.5 Å². The highest BCUT2D eigenvalue weighted by Gasteiger charge is 2.19. The van der Waals surface area contributed by atoms with Gasteiger partial charge in [0, 0.05) is 29.0 Å². The van der Waals surface area contributed by atoms with Crippen LogP contribution in [0.1, 0.15) is 15.9 Å². The van der Waals surface area contributed by atoms with Gasteiger partial charge in [-0.3, -0.25) is 9.78 Å². The maximum absolute atomic E-state index is 13.2. The summed E-state index contributed by atoms with van der Waals surface area (Å²) in [4.78, 5) is 22.0. The predicted octanol–water partition coefficient (Wildman–Crippen LogP) is 4.87. The Labute approximate surface area is 163 Å². The van der Waals surface area contributed by atoms with Gasteiger partial charge in [0.2, 0.25) is 0 Å². The van der Waals surface area contributed by atoms with Crippen LogP contribution in [0.25, 0.3) is 22.2 Å². The molecule has 2 heterocycles. The first-order valence-electron chi connectivity index (χ1n) is 8.92. The summed E-state index contributed by atoms with van der Waals surface area (Å²) >= 11 is 0. The van der Waals surface area contributed by atoms with Crippen LogP contribution >= 0.6 is 0 Å². The molecular formula is C23H19N3O2. The number of hydrogen-bond donors (Lipinski definition) is 1. The summed E-state index contributed by atoms with van der Waals surface area (Å²) in [5.74, 6) is 0.606. The number of anilines is 1. The number of amides is 1. The Bertz CT molecular complexity index is 1140. The zero-order chi connectivity index (χ0) is 19.5. The van der Waals surface area contributed by atoms with Crippen LogP contribution in [0.4, 0.5) is 5.69 Å². The number of nitrogens with zero attached hydrogens (tertiary/aromatic N) is 2. The molecule has 0 radical (unpaired) electrons. The van der Waals surface area contributed by atoms with Crippen LogP contribution in [-0.4, -0.2) is 23.0 Å². The average molecular weight is 369 g/mol. The first-order chi connectivity index (χ1) is 13.7. The van der Waals surface area contributed by atoms with Crippen molar-refractivity contribution >= 4 is 22.5 Å². The highest BCUT2D eigenvalue weighted by atomic mass is 16.5. The van der Waals surface area contributed by atoms with Crippen molar-refractivity contribution in [3.05, 3.63) is 84.2 Å². The van der Waals surface area contributed by atoms with Gasteiger partial charge in [0.1, 0.15) is 5.75 Å². The third kappa shape index (κ3) is 3.30. The lowest BCUT2D eigenvalue weighted by Gasteiger charge is -2.15. The summed E-state index contributed by atoms with van der Waals surface area (Å²) in [6.45, 7) is 1.93. The summed E-state index contributed by atoms with van der Waals surface area (Å²) in [5, 5.41) is 3.78. The molecule has 5 nitrogen and oxygen atoms in total. The molecule has 0 aliphatic carbocycles. The molecule has 0 bridgehead atoms. The van der Waals surface area contributed by atoms with Crippen molar-refractivity contribution in [2.45, 2.75) is 6.92 Å². The predicted molar refractivity (Wildman–Crippen MR) is 111 cm³/mol. The number of methoxy groups -OCH3 is 1. The smallest absolute Gasteiger partial charge is 0.256 e. The SMILES string of the molecule is COc1ccc(-c2nc3ccccc3c(C(=O)Nc3ccncc3)c2C)cc1. The lowest BCUT2D eigenvalue weighted by Crippen LogP contribution is -2.15. The van der Waals surface area contributed by atoms with Crippen molar-refractivity contribution in [2.24, 2.45) is 0 Å². The van der Waals surface area contributed by atoms with Crippen LogP contribution in [0, 0.1) is 6.92 Å². The Hall–Kier alpha value is -3.73. The van der Waals surface area contributed by atoms with Gasteiger partial charge in [-0.15, -0.1) is 0 Å². The number of benzene rings is 2. The summed E-state index contributed by atoms with van der Waals surface area (Å²) < 4.78 is 5.24. The van der Waals surface area contributed by atoms with Gasteiger partial charge >= 0.3 is 0 Å². The van der Waals surface area contributed by atoms with Crippen LogP contribution in [-0.2, 0) is 0 Å². The molecule has 4 rings (SSSR count). The maximum Gasteiger partial charge on any atom is 0.256 e. The molecule has 0 saturated heterocycles. The summed E-state index contributed by atoms with van der Waals surface area (Å²) in [6.07, 6.45) is 3.30. The van der Waals surface area contributed by atoms with Crippen molar-refractivity contribution in [2.75, 3.05) is 12.4 Å². The second-order valence-corrected chi connectivity index (χ2v) is 6.40. The Morgan fingerprint density at radius 2 is 1.68 bits per heavy atom. The van der Waals surface area contributed by atoms with E-state index in [9.17, 15) is 4.79 Å². The normalized spacial score (nSPS) is 10.6. The Balaban J connectivity index is 1.86. The van der Waals surface area contributed by atoms with Crippen LogP contribution in [0.15, 0.2) is 73.1 Å². The second-order valence-electron chi connectivity index (χ2n) is 6.40. The largest absolute Gasteiger partial charge is 0.497 e. The van der Waals surface area contributed by atoms with Gasteiger partial charge in [-0.1, -0.05) is 18.2 Å². The number of para-hydroxylation sites is 1. The van der Waals surface area contributed by atoms with Crippen LogP contribution < -0.4 is 10.1 Å². The number of hydrogen-bond acceptors (Lipinski definition) is 4. The molecule has 0 fully saturated rings. The van der Waals surface area contributed by atoms with Gasteiger partial charge in [0.05, 0.1) is 23.9 Å². The van der Waals surface area contributed by atoms with Crippen molar-refractivity contribution in [1.29, 1.82) is 0 Å². The lowest BCUT2D eigenvalue weighted by atomic mass is 9.97. The average Bonchev–Trinajstić information content (AvgIpc) is 2.74. The number of nitrogens with one attached hydrogen (secondary N) is 1. The molecule has 5 heteroatoms. The molecule has 28 heavy (non-hydrogen) atoms. The van der Waals surface area contributed by atoms with E-state index in [0.717, 1.165) is 33.5 Å². The van der Waals surface area contributed by atoms with E-state index in [1.54, 1.807) is 31.6 Å². The Kier molecular flexibility index (Phi) is 4.72. The number of pyridine rings is 2. The van der Waals surface area contributed by atoms with Crippen molar-refractivity contribution in [1.82, 2.24) is 9.97 Å². The lowest BCUT2D eigenvalue weighted by molar-refractivity contribution is 0.102. The molecule has 0 unspecified atom stereocenters. The zero-order valence-corrected chi connectivity index (χ0v) is 15.6. The minimum absolute atomic E-state index is 0.169. The van der Waals surface area contributed by atoms with Crippen LogP contribution in [0.5, 0.6) is 5.75 Å². The Morgan fingerprint density at radius 1 is 0.964 bits per heavy atom. The fraction of sp³-hybridized carbons (Fsp3) is 0.0870. The van der Waals surface area contributed by atoms with E-state index in [1.165, 1.54) is 0 Å². The molecule has 0 saturated carbocycles. The maximum atomic E-state index is 13.2. The minimum atomic E-state index is -0.169. The van der Waals surface area contributed by atoms with E-state index in [0.29, 0.717) is 11.3 Å². The van der Waals surface area contributed by atoms with Gasteiger partial charge in [0.25, 0.3) is 5.91 Å². The van der Waals surface area contributed by atoms with E-state index in [4.69, 9.17) is 9.72 Å². The van der Waals surface area contributed by atoms with Gasteiger partial charge < -0.3 is 10.1 Å². The third-order valence-electron chi connectivity index (χ3n) is 4.66. The first kappa shape index (κ1) is 17.7. The van der Waals surface area contributed by atoms with Crippen molar-refractivity contribution < 1.29 is 9.53 Å². The number of ether oxygens (including phenoxy) is 1. The fourth-order valence-corrected chi connectivity index (χ4v) is 3.26. The van der Waals surface area contributed by atoms with Gasteiger partial charge in [0.15, 0.2) is 0 Å². The van der Waals surface area contributed by atoms with Crippen LogP contribution in [0.2, 0.25) is 0 Å². The zero-order valence-electron chi connectivity index (χ0n) is 15.6. The second kappa shape index (κ2) is 7.48. The number of rotatable bonds is 4. The highest BCUT2D eigenvalue weighted by Crippen LogP contribution is 2.31. The highest BCUT2D eigenvalue weighted by molar-refractivity contribution is 6.14. The summed E-state index contributed by atoms with van der Waals surface area (Å²) in [7, 11) is 1.63. The summed E-state index contributed by atoms with van der Waals surface area (Å²) in [5.41, 5.74) is 4.64. The van der Waals surface area contributed by atoms with Crippen molar-refractivity contribution in [3.8, 4) is 17.0 Å². The molecule has 0 atom stereocenters. The summed E-state index contributed by atoms with van der Waals surface area (Å²) in [6, 6.07) is 18.9. The molecule has 4 aromatic rings. The number of carbonyl (C=O) groups excluding carboxylic acids is 1. The van der Waals surface area contributed by atoms with Gasteiger partial charge in [-0.2, -0.15) is 0 Å².